The van der Waals surface area contributed by atoms with Crippen LogP contribution in [0, 0.1) is 0 Å². The molecule has 0 radical (unpaired) electrons. The van der Waals surface area contributed by atoms with E-state index in [0.717, 1.165) is 20.7 Å². The molecule has 0 aliphatic rings. The van der Waals surface area contributed by atoms with Crippen LogP contribution >= 0.6 is 22.7 Å². The van der Waals surface area contributed by atoms with Gasteiger partial charge in [0.05, 0.1) is 28.9 Å². The molecule has 5 heteroatoms. The minimum atomic E-state index is 1.10. The van der Waals surface area contributed by atoms with E-state index in [0.29, 0.717) is 0 Å². The third-order valence-corrected chi connectivity index (χ3v) is 9.21. The number of aromatic nitrogens is 3. The van der Waals surface area contributed by atoms with E-state index in [1.54, 1.807) is 22.7 Å². The number of para-hydroxylation sites is 1. The SMILES string of the molecule is c1ccc2c(c1)sc1ncc3c(c4cccc5c6c7c(ncc6n3c45)sc3ccccc37)c12. The Kier molecular flexibility index (Phi) is 2.83. The van der Waals surface area contributed by atoms with Crippen molar-refractivity contribution in [3.05, 3.63) is 79.1 Å². The Labute approximate surface area is 194 Å². The van der Waals surface area contributed by atoms with Crippen molar-refractivity contribution in [2.24, 2.45) is 0 Å². The number of fused-ring (bicyclic) bond motifs is 14. The molecule has 3 aromatic carbocycles. The topological polar surface area (TPSA) is 30.2 Å². The zero-order valence-corrected chi connectivity index (χ0v) is 18.8. The Morgan fingerprint density at radius 1 is 0.515 bits per heavy atom. The van der Waals surface area contributed by atoms with Gasteiger partial charge in [-0.1, -0.05) is 54.6 Å². The second-order valence-electron chi connectivity index (χ2n) is 8.63. The van der Waals surface area contributed by atoms with Crippen LogP contribution in [-0.2, 0) is 0 Å². The van der Waals surface area contributed by atoms with Crippen molar-refractivity contribution in [2.75, 3.05) is 0 Å². The molecule has 0 saturated carbocycles. The number of pyridine rings is 2. The Balaban J connectivity index is 1.62. The highest BCUT2D eigenvalue weighted by Crippen LogP contribution is 2.47. The van der Waals surface area contributed by atoms with Crippen molar-refractivity contribution in [3.8, 4) is 0 Å². The fourth-order valence-corrected chi connectivity index (χ4v) is 7.91. The molecule has 0 fully saturated rings. The van der Waals surface area contributed by atoms with E-state index < -0.39 is 0 Å². The lowest BCUT2D eigenvalue weighted by molar-refractivity contribution is 1.32. The normalized spacial score (nSPS) is 12.8. The molecular weight excluding hydrogens is 442 g/mol. The van der Waals surface area contributed by atoms with E-state index in [-0.39, 0.29) is 0 Å². The zero-order valence-electron chi connectivity index (χ0n) is 17.2. The fraction of sp³-hybridized carbons (Fsp3) is 0. The highest BCUT2D eigenvalue weighted by Gasteiger charge is 2.23. The molecular formula is C28H13N3S2. The lowest BCUT2D eigenvalue weighted by Gasteiger charge is -2.01. The first-order valence-electron chi connectivity index (χ1n) is 10.9. The van der Waals surface area contributed by atoms with E-state index in [9.17, 15) is 0 Å². The monoisotopic (exact) mass is 455 g/mol. The van der Waals surface area contributed by atoms with Crippen molar-refractivity contribution < 1.29 is 0 Å². The number of nitrogens with zero attached hydrogens (tertiary/aromatic N) is 3. The van der Waals surface area contributed by atoms with Gasteiger partial charge in [-0.15, -0.1) is 22.7 Å². The lowest BCUT2D eigenvalue weighted by atomic mass is 10.0. The first-order chi connectivity index (χ1) is 16.4. The Morgan fingerprint density at radius 3 is 1.55 bits per heavy atom. The molecule has 6 heterocycles. The van der Waals surface area contributed by atoms with Crippen LogP contribution < -0.4 is 0 Å². The number of hydrogen-bond acceptors (Lipinski definition) is 4. The first kappa shape index (κ1) is 16.8. The summed E-state index contributed by atoms with van der Waals surface area (Å²) >= 11 is 3.55. The summed E-state index contributed by atoms with van der Waals surface area (Å²) in [6.45, 7) is 0. The van der Waals surface area contributed by atoms with Gasteiger partial charge in [0.15, 0.2) is 0 Å². The van der Waals surface area contributed by atoms with Crippen LogP contribution in [-0.4, -0.2) is 14.4 Å². The van der Waals surface area contributed by atoms with Gasteiger partial charge in [-0.05, 0) is 12.1 Å². The predicted molar refractivity (Wildman–Crippen MR) is 142 cm³/mol. The molecule has 33 heavy (non-hydrogen) atoms. The second kappa shape index (κ2) is 5.57. The van der Waals surface area contributed by atoms with Gasteiger partial charge in [-0.3, -0.25) is 0 Å². The van der Waals surface area contributed by atoms with Crippen LogP contribution in [0.3, 0.4) is 0 Å². The van der Waals surface area contributed by atoms with Crippen LogP contribution in [0.1, 0.15) is 0 Å². The van der Waals surface area contributed by atoms with Crippen molar-refractivity contribution in [2.45, 2.75) is 0 Å². The predicted octanol–water partition coefficient (Wildman–Crippen LogP) is 8.36. The highest BCUT2D eigenvalue weighted by atomic mass is 32.1. The number of thiophene rings is 2. The minimum absolute atomic E-state index is 1.10. The third kappa shape index (κ3) is 1.85. The van der Waals surface area contributed by atoms with Crippen LogP contribution in [0.2, 0.25) is 0 Å². The Morgan fingerprint density at radius 2 is 1.00 bits per heavy atom. The maximum Gasteiger partial charge on any atom is 0.125 e. The summed E-state index contributed by atoms with van der Waals surface area (Å²) in [5, 5.41) is 10.3. The lowest BCUT2D eigenvalue weighted by Crippen LogP contribution is -1.84. The summed E-state index contributed by atoms with van der Waals surface area (Å²) < 4.78 is 4.97. The number of benzene rings is 3. The van der Waals surface area contributed by atoms with E-state index >= 15 is 0 Å². The Bertz CT molecular complexity index is 2090. The molecule has 0 aliphatic heterocycles. The van der Waals surface area contributed by atoms with E-state index in [1.165, 1.54) is 58.0 Å². The standard InChI is InChI=1S/C28H13N3S2/c1-3-10-20-14(6-1)24-22-16-8-5-9-17-23-19(31(26(16)17)18(22)12-29-27(24)32-20)13-30-28-25(23)15-7-2-4-11-21(15)33-28/h1-13H. The molecule has 0 amide bonds. The second-order valence-corrected chi connectivity index (χ2v) is 10.7. The molecule has 0 saturated heterocycles. The number of hydrogen-bond donors (Lipinski definition) is 0. The molecule has 152 valence electrons. The van der Waals surface area contributed by atoms with Crippen LogP contribution in [0.4, 0.5) is 0 Å². The van der Waals surface area contributed by atoms with Gasteiger partial charge in [0, 0.05) is 52.5 Å². The molecule has 0 aliphatic carbocycles. The quantitative estimate of drug-likeness (QED) is 0.230. The zero-order chi connectivity index (χ0) is 21.3. The van der Waals surface area contributed by atoms with Crippen LogP contribution in [0.15, 0.2) is 79.1 Å². The van der Waals surface area contributed by atoms with Gasteiger partial charge in [0.25, 0.3) is 0 Å². The van der Waals surface area contributed by atoms with Gasteiger partial charge in [-0.2, -0.15) is 0 Å². The largest absolute Gasteiger partial charge is 0.305 e. The maximum absolute atomic E-state index is 4.93. The molecule has 9 aromatic rings. The highest BCUT2D eigenvalue weighted by molar-refractivity contribution is 7.26. The van der Waals surface area contributed by atoms with E-state index in [4.69, 9.17) is 9.97 Å². The van der Waals surface area contributed by atoms with Gasteiger partial charge in [0.1, 0.15) is 9.66 Å². The van der Waals surface area contributed by atoms with Crippen molar-refractivity contribution in [1.82, 2.24) is 14.4 Å². The summed E-state index contributed by atoms with van der Waals surface area (Å²) in [4.78, 5) is 12.1. The van der Waals surface area contributed by atoms with E-state index in [1.807, 2.05) is 0 Å². The average Bonchev–Trinajstić information content (AvgIpc) is 3.58. The summed E-state index contributed by atoms with van der Waals surface area (Å²) in [6, 6.07) is 24.1. The van der Waals surface area contributed by atoms with E-state index in [2.05, 4.69) is 83.5 Å². The summed E-state index contributed by atoms with van der Waals surface area (Å²) in [6.07, 6.45) is 4.11. The first-order valence-corrected chi connectivity index (χ1v) is 12.6. The van der Waals surface area contributed by atoms with Gasteiger partial charge in [0.2, 0.25) is 0 Å². The van der Waals surface area contributed by atoms with Crippen molar-refractivity contribution in [3.63, 3.8) is 0 Å². The molecule has 0 N–H and O–H groups in total. The van der Waals surface area contributed by atoms with Crippen molar-refractivity contribution in [1.29, 1.82) is 0 Å². The van der Waals surface area contributed by atoms with Gasteiger partial charge < -0.3 is 4.40 Å². The Hall–Kier alpha value is -3.80. The molecule has 3 nitrogen and oxygen atoms in total. The third-order valence-electron chi connectivity index (χ3n) is 7.05. The fourth-order valence-electron chi connectivity index (χ4n) is 5.80. The number of rotatable bonds is 0. The summed E-state index contributed by atoms with van der Waals surface area (Å²) in [7, 11) is 0. The van der Waals surface area contributed by atoms with Gasteiger partial charge >= 0.3 is 0 Å². The molecule has 0 bridgehead atoms. The average molecular weight is 456 g/mol. The molecule has 6 aromatic heterocycles. The maximum atomic E-state index is 4.93. The van der Waals surface area contributed by atoms with Gasteiger partial charge in [-0.25, -0.2) is 9.97 Å². The molecule has 9 rings (SSSR count). The molecule has 0 atom stereocenters. The van der Waals surface area contributed by atoms with Crippen LogP contribution in [0.5, 0.6) is 0 Å². The molecule has 0 unspecified atom stereocenters. The summed E-state index contributed by atoms with van der Waals surface area (Å²) in [5.41, 5.74) is 3.59. The minimum Gasteiger partial charge on any atom is -0.305 e. The summed E-state index contributed by atoms with van der Waals surface area (Å²) in [5.74, 6) is 0. The van der Waals surface area contributed by atoms with Crippen molar-refractivity contribution >= 4 is 101 Å². The van der Waals surface area contributed by atoms with Crippen LogP contribution in [0.25, 0.3) is 78.7 Å². The molecule has 0 spiro atoms. The smallest absolute Gasteiger partial charge is 0.125 e.